The van der Waals surface area contributed by atoms with Gasteiger partial charge in [-0.1, -0.05) is 0 Å². The number of nitrogens with zero attached hydrogens (tertiary/aromatic N) is 1. The maximum absolute atomic E-state index is 11.1. The number of likely N-dealkylation sites (N-methyl/N-ethyl adjacent to an activating group) is 1. The third kappa shape index (κ3) is 9.34. The Bertz CT molecular complexity index is 349. The molecular weight excluding hydrogens is 240 g/mol. The van der Waals surface area contributed by atoms with Crippen LogP contribution in [0.5, 0.6) is 0 Å². The van der Waals surface area contributed by atoms with Crippen molar-refractivity contribution < 1.29 is 29.1 Å². The first-order valence-corrected chi connectivity index (χ1v) is 5.45. The lowest BCUT2D eigenvalue weighted by molar-refractivity contribution is -0.883. The second-order valence-corrected chi connectivity index (χ2v) is 4.53. The summed E-state index contributed by atoms with van der Waals surface area (Å²) in [4.78, 5) is 31.8. The number of carboxylic acid groups (broad SMARTS) is 2. The third-order valence-corrected chi connectivity index (χ3v) is 2.18. The lowest BCUT2D eigenvalue weighted by atomic mass is 10.3. The number of rotatable bonds is 8. The van der Waals surface area contributed by atoms with Gasteiger partial charge in [-0.25, -0.2) is 9.59 Å². The number of carboxylic acids is 2. The van der Waals surface area contributed by atoms with Crippen molar-refractivity contribution in [2.75, 3.05) is 33.7 Å². The molecule has 0 atom stereocenters. The minimum Gasteiger partial charge on any atom is -0.478 e. The molecule has 0 aromatic heterocycles. The van der Waals surface area contributed by atoms with Crippen molar-refractivity contribution in [2.45, 2.75) is 6.42 Å². The molecule has 0 unspecified atom stereocenters. The lowest BCUT2D eigenvalue weighted by Gasteiger charge is -2.27. The van der Waals surface area contributed by atoms with E-state index in [4.69, 9.17) is 10.2 Å². The molecule has 0 heterocycles. The molecule has 0 aliphatic carbocycles. The highest BCUT2D eigenvalue weighted by Crippen LogP contribution is 1.98. The molecule has 7 nitrogen and oxygen atoms in total. The van der Waals surface area contributed by atoms with Gasteiger partial charge in [0.1, 0.15) is 0 Å². The molecule has 0 fully saturated rings. The van der Waals surface area contributed by atoms with Crippen LogP contribution in [0.25, 0.3) is 0 Å². The number of quaternary nitrogens is 1. The van der Waals surface area contributed by atoms with Crippen LogP contribution in [0, 0.1) is 0 Å². The van der Waals surface area contributed by atoms with Crippen molar-refractivity contribution in [2.24, 2.45) is 0 Å². The SMILES string of the molecule is C[N+](C)(CCCNC(=O)C=CC(=O)O)CC(=O)O. The molecule has 7 heteroatoms. The van der Waals surface area contributed by atoms with Gasteiger partial charge in [-0.15, -0.1) is 0 Å². The van der Waals surface area contributed by atoms with Gasteiger partial charge in [0.25, 0.3) is 0 Å². The second kappa shape index (κ2) is 7.44. The predicted octanol–water partition coefficient (Wildman–Crippen LogP) is -0.705. The standard InChI is InChI=1S/C11H18N2O5/c1-13(2,8-11(17)18)7-3-6-12-9(14)4-5-10(15)16/h4-5H,3,6-8H2,1-2H3,(H2-,12,14,15,16,17,18)/p+1. The van der Waals surface area contributed by atoms with Crippen molar-refractivity contribution in [1.82, 2.24) is 5.32 Å². The minimum atomic E-state index is -1.18. The quantitative estimate of drug-likeness (QED) is 0.303. The largest absolute Gasteiger partial charge is 0.478 e. The Morgan fingerprint density at radius 3 is 2.28 bits per heavy atom. The van der Waals surface area contributed by atoms with Crippen molar-refractivity contribution in [3.63, 3.8) is 0 Å². The fourth-order valence-corrected chi connectivity index (χ4v) is 1.37. The zero-order valence-electron chi connectivity index (χ0n) is 10.5. The molecule has 1 amide bonds. The summed E-state index contributed by atoms with van der Waals surface area (Å²) in [5.41, 5.74) is 0. The summed E-state index contributed by atoms with van der Waals surface area (Å²) < 4.78 is 0.330. The van der Waals surface area contributed by atoms with E-state index in [1.807, 2.05) is 0 Å². The Morgan fingerprint density at radius 1 is 1.17 bits per heavy atom. The molecule has 0 saturated heterocycles. The van der Waals surface area contributed by atoms with Crippen LogP contribution in [-0.4, -0.2) is 66.3 Å². The number of amides is 1. The van der Waals surface area contributed by atoms with Crippen LogP contribution in [0.15, 0.2) is 12.2 Å². The van der Waals surface area contributed by atoms with Gasteiger partial charge in [-0.05, 0) is 0 Å². The van der Waals surface area contributed by atoms with Crippen LogP contribution in [0.3, 0.4) is 0 Å². The first kappa shape index (κ1) is 16.1. The highest BCUT2D eigenvalue weighted by atomic mass is 16.4. The Kier molecular flexibility index (Phi) is 6.66. The fraction of sp³-hybridized carbons (Fsp3) is 0.545. The minimum absolute atomic E-state index is 0.0207. The van der Waals surface area contributed by atoms with Gasteiger partial charge in [0.05, 0.1) is 20.6 Å². The molecular formula is C11H19N2O5+. The van der Waals surface area contributed by atoms with E-state index in [0.29, 0.717) is 24.0 Å². The summed E-state index contributed by atoms with van der Waals surface area (Å²) in [5.74, 6) is -2.52. The Balaban J connectivity index is 3.83. The summed E-state index contributed by atoms with van der Waals surface area (Å²) in [6.07, 6.45) is 2.33. The summed E-state index contributed by atoms with van der Waals surface area (Å²) in [7, 11) is 3.58. The smallest absolute Gasteiger partial charge is 0.359 e. The topological polar surface area (TPSA) is 104 Å². The van der Waals surface area contributed by atoms with E-state index in [2.05, 4.69) is 5.32 Å². The zero-order chi connectivity index (χ0) is 14.2. The number of carbonyl (C=O) groups excluding carboxylic acids is 1. The molecule has 102 valence electrons. The number of hydrogen-bond acceptors (Lipinski definition) is 3. The van der Waals surface area contributed by atoms with Gasteiger partial charge in [0.2, 0.25) is 5.91 Å². The Labute approximate surface area is 105 Å². The normalized spacial score (nSPS) is 11.4. The average molecular weight is 259 g/mol. The van der Waals surface area contributed by atoms with Gasteiger partial charge >= 0.3 is 11.9 Å². The van der Waals surface area contributed by atoms with Gasteiger partial charge in [0, 0.05) is 25.1 Å². The first-order chi connectivity index (χ1) is 8.23. The van der Waals surface area contributed by atoms with E-state index in [1.54, 1.807) is 14.1 Å². The summed E-state index contributed by atoms with van der Waals surface area (Å²) in [6.45, 7) is 1.01. The van der Waals surface area contributed by atoms with E-state index in [-0.39, 0.29) is 6.54 Å². The summed E-state index contributed by atoms with van der Waals surface area (Å²) in [5, 5.41) is 19.5. The van der Waals surface area contributed by atoms with Gasteiger partial charge in [0.15, 0.2) is 6.54 Å². The molecule has 0 rings (SSSR count). The second-order valence-electron chi connectivity index (χ2n) is 4.53. The number of nitrogens with one attached hydrogen (secondary N) is 1. The molecule has 0 bridgehead atoms. The van der Waals surface area contributed by atoms with Crippen LogP contribution >= 0.6 is 0 Å². The van der Waals surface area contributed by atoms with Gasteiger partial charge < -0.3 is 20.0 Å². The summed E-state index contributed by atoms with van der Waals surface area (Å²) >= 11 is 0. The van der Waals surface area contributed by atoms with Crippen LogP contribution in [-0.2, 0) is 14.4 Å². The van der Waals surface area contributed by atoms with Crippen LogP contribution < -0.4 is 5.32 Å². The Hall–Kier alpha value is -1.89. The third-order valence-electron chi connectivity index (χ3n) is 2.18. The van der Waals surface area contributed by atoms with Crippen molar-refractivity contribution in [1.29, 1.82) is 0 Å². The average Bonchev–Trinajstić information content (AvgIpc) is 2.19. The van der Waals surface area contributed by atoms with Gasteiger partial charge in [-0.3, -0.25) is 4.79 Å². The van der Waals surface area contributed by atoms with E-state index in [0.717, 1.165) is 12.2 Å². The van der Waals surface area contributed by atoms with E-state index >= 15 is 0 Å². The van der Waals surface area contributed by atoms with Crippen molar-refractivity contribution in [3.8, 4) is 0 Å². The van der Waals surface area contributed by atoms with Crippen LogP contribution in [0.1, 0.15) is 6.42 Å². The molecule has 3 N–H and O–H groups in total. The molecule has 18 heavy (non-hydrogen) atoms. The van der Waals surface area contributed by atoms with E-state index in [1.165, 1.54) is 0 Å². The van der Waals surface area contributed by atoms with Crippen molar-refractivity contribution >= 4 is 17.8 Å². The van der Waals surface area contributed by atoms with E-state index < -0.39 is 17.8 Å². The number of aliphatic carboxylic acids is 2. The molecule has 0 spiro atoms. The lowest BCUT2D eigenvalue weighted by Crippen LogP contribution is -2.45. The highest BCUT2D eigenvalue weighted by molar-refractivity contribution is 5.93. The number of hydrogen-bond donors (Lipinski definition) is 3. The summed E-state index contributed by atoms with van der Waals surface area (Å²) in [6, 6.07) is 0. The maximum atomic E-state index is 11.1. The monoisotopic (exact) mass is 259 g/mol. The van der Waals surface area contributed by atoms with Crippen molar-refractivity contribution in [3.05, 3.63) is 12.2 Å². The number of carbonyl (C=O) groups is 3. The molecule has 0 saturated carbocycles. The molecule has 0 aliphatic heterocycles. The van der Waals surface area contributed by atoms with Crippen LogP contribution in [0.2, 0.25) is 0 Å². The maximum Gasteiger partial charge on any atom is 0.359 e. The molecule has 0 aliphatic rings. The zero-order valence-corrected chi connectivity index (χ0v) is 10.5. The van der Waals surface area contributed by atoms with Crippen LogP contribution in [0.4, 0.5) is 0 Å². The Morgan fingerprint density at radius 2 is 1.78 bits per heavy atom. The molecule has 0 aromatic rings. The first-order valence-electron chi connectivity index (χ1n) is 5.45. The molecule has 0 radical (unpaired) electrons. The highest BCUT2D eigenvalue weighted by Gasteiger charge is 2.18. The molecule has 0 aromatic carbocycles. The predicted molar refractivity (Wildman–Crippen MR) is 63.9 cm³/mol. The van der Waals surface area contributed by atoms with E-state index in [9.17, 15) is 14.4 Å². The fourth-order valence-electron chi connectivity index (χ4n) is 1.37. The van der Waals surface area contributed by atoms with Gasteiger partial charge in [-0.2, -0.15) is 0 Å².